The number of anilines is 1. The van der Waals surface area contributed by atoms with Crippen LogP contribution in [0.25, 0.3) is 11.0 Å². The third kappa shape index (κ3) is 8.87. The maximum atomic E-state index is 14.0. The molecule has 0 fully saturated rings. The molecule has 0 bridgehead atoms. The van der Waals surface area contributed by atoms with Gasteiger partial charge in [-0.15, -0.1) is 0 Å². The maximum Gasteiger partial charge on any atom is 0.325 e. The summed E-state index contributed by atoms with van der Waals surface area (Å²) >= 11 is 6.39. The number of aryl methyl sites for hydroxylation is 2. The summed E-state index contributed by atoms with van der Waals surface area (Å²) in [5, 5.41) is 40.3. The number of amides is 1. The van der Waals surface area contributed by atoms with E-state index in [1.807, 2.05) is 0 Å². The summed E-state index contributed by atoms with van der Waals surface area (Å²) in [5.41, 5.74) is 14.4. The van der Waals surface area contributed by atoms with E-state index in [2.05, 4.69) is 20.3 Å². The maximum absolute atomic E-state index is 14.0. The van der Waals surface area contributed by atoms with E-state index in [0.29, 0.717) is 35.0 Å². The quantitative estimate of drug-likeness (QED) is 0.0694. The number of benzene rings is 1. The Balaban J connectivity index is 1.93. The first-order valence-electron chi connectivity index (χ1n) is 14.8. The van der Waals surface area contributed by atoms with Gasteiger partial charge < -0.3 is 47.9 Å². The number of halogens is 1. The lowest BCUT2D eigenvalue weighted by atomic mass is 9.69. The smallest absolute Gasteiger partial charge is 0.325 e. The fourth-order valence-electron chi connectivity index (χ4n) is 5.33. The minimum Gasteiger partial charge on any atom is -0.481 e. The SMILES string of the molecule is Nc1nc2[nH]cc(CCc3ccc(C(=O)N[C@@H](CCC(=O)O)C(=O)C(C[C@H](N)C(=O)O)(C(=O)O)C(=O)[C@@H](N)CCC(=O)O)c(Cl)c3)c2c(=O)[nH]1. The number of ketones is 2. The third-order valence-electron chi connectivity index (χ3n) is 7.93. The highest BCUT2D eigenvalue weighted by molar-refractivity contribution is 6.34. The van der Waals surface area contributed by atoms with Crippen LogP contribution in [-0.2, 0) is 41.6 Å². The van der Waals surface area contributed by atoms with Gasteiger partial charge in [0.15, 0.2) is 17.0 Å². The fourth-order valence-corrected chi connectivity index (χ4v) is 5.62. The summed E-state index contributed by atoms with van der Waals surface area (Å²) in [6, 6.07) is -1.86. The van der Waals surface area contributed by atoms with Crippen LogP contribution in [0.15, 0.2) is 29.2 Å². The second-order valence-electron chi connectivity index (χ2n) is 11.4. The molecule has 13 N–H and O–H groups in total. The van der Waals surface area contributed by atoms with Gasteiger partial charge in [-0.1, -0.05) is 17.7 Å². The topological polar surface area (TPSA) is 352 Å². The zero-order chi connectivity index (χ0) is 37.5. The van der Waals surface area contributed by atoms with E-state index in [9.17, 15) is 53.7 Å². The predicted octanol–water partition coefficient (Wildman–Crippen LogP) is -0.561. The average Bonchev–Trinajstić information content (AvgIpc) is 3.45. The molecule has 0 radical (unpaired) electrons. The summed E-state index contributed by atoms with van der Waals surface area (Å²) in [6.45, 7) is 0. The predicted molar refractivity (Wildman–Crippen MR) is 173 cm³/mol. The van der Waals surface area contributed by atoms with E-state index >= 15 is 0 Å². The van der Waals surface area contributed by atoms with Crippen LogP contribution in [0.1, 0.15) is 53.6 Å². The molecule has 0 spiro atoms. The van der Waals surface area contributed by atoms with Crippen molar-refractivity contribution in [2.24, 2.45) is 16.9 Å². The van der Waals surface area contributed by atoms with Crippen molar-refractivity contribution in [3.63, 3.8) is 0 Å². The number of nitrogens with zero attached hydrogens (tertiary/aromatic N) is 1. The van der Waals surface area contributed by atoms with Crippen LogP contribution in [0.2, 0.25) is 5.02 Å². The van der Waals surface area contributed by atoms with Crippen molar-refractivity contribution in [2.75, 3.05) is 5.73 Å². The molecule has 2 heterocycles. The number of Topliss-reactive ketones (excluding diaryl/α,β-unsaturated/α-hetero) is 2. The molecule has 0 saturated carbocycles. The number of aromatic amines is 2. The van der Waals surface area contributed by atoms with Crippen molar-refractivity contribution in [1.29, 1.82) is 0 Å². The van der Waals surface area contributed by atoms with Crippen LogP contribution in [0.3, 0.4) is 0 Å². The molecule has 20 heteroatoms. The summed E-state index contributed by atoms with van der Waals surface area (Å²) < 4.78 is 0. The fraction of sp³-hybridized carbons (Fsp3) is 0.367. The summed E-state index contributed by atoms with van der Waals surface area (Å²) in [4.78, 5) is 109. The molecule has 3 aromatic rings. The van der Waals surface area contributed by atoms with Crippen LogP contribution in [0.4, 0.5) is 5.95 Å². The number of H-pyrrole nitrogens is 2. The Morgan fingerprint density at radius 3 is 2.14 bits per heavy atom. The monoisotopic (exact) mass is 719 g/mol. The van der Waals surface area contributed by atoms with Gasteiger partial charge >= 0.3 is 23.9 Å². The van der Waals surface area contributed by atoms with Crippen LogP contribution in [-0.4, -0.2) is 94.9 Å². The third-order valence-corrected chi connectivity index (χ3v) is 8.24. The minimum atomic E-state index is -3.33. The summed E-state index contributed by atoms with van der Waals surface area (Å²) in [5.74, 6) is -11.2. The zero-order valence-corrected chi connectivity index (χ0v) is 26.9. The Kier molecular flexibility index (Phi) is 12.5. The molecular formula is C30H34ClN7O12. The molecule has 0 aliphatic carbocycles. The molecular weight excluding hydrogens is 686 g/mol. The molecule has 1 amide bonds. The molecule has 50 heavy (non-hydrogen) atoms. The van der Waals surface area contributed by atoms with Gasteiger partial charge in [-0.2, -0.15) is 4.98 Å². The van der Waals surface area contributed by atoms with Gasteiger partial charge in [0.25, 0.3) is 11.5 Å². The van der Waals surface area contributed by atoms with Gasteiger partial charge in [-0.25, -0.2) is 0 Å². The number of nitrogen functional groups attached to an aromatic ring is 1. The van der Waals surface area contributed by atoms with Gasteiger partial charge in [-0.3, -0.25) is 43.3 Å². The Morgan fingerprint density at radius 1 is 0.920 bits per heavy atom. The van der Waals surface area contributed by atoms with Crippen molar-refractivity contribution < 1.29 is 54.0 Å². The van der Waals surface area contributed by atoms with Crippen LogP contribution < -0.4 is 28.1 Å². The lowest BCUT2D eigenvalue weighted by Gasteiger charge is -2.33. The Labute approximate surface area is 286 Å². The highest BCUT2D eigenvalue weighted by Gasteiger charge is 2.57. The van der Waals surface area contributed by atoms with Crippen LogP contribution in [0, 0.1) is 5.41 Å². The van der Waals surface area contributed by atoms with E-state index in [1.54, 1.807) is 6.20 Å². The number of fused-ring (bicyclic) bond motifs is 1. The van der Waals surface area contributed by atoms with E-state index in [1.165, 1.54) is 18.2 Å². The molecule has 2 aromatic heterocycles. The van der Waals surface area contributed by atoms with E-state index in [4.69, 9.17) is 33.9 Å². The molecule has 19 nitrogen and oxygen atoms in total. The Hall–Kier alpha value is -5.66. The van der Waals surface area contributed by atoms with E-state index in [-0.39, 0.29) is 16.5 Å². The second kappa shape index (κ2) is 16.2. The zero-order valence-electron chi connectivity index (χ0n) is 26.1. The largest absolute Gasteiger partial charge is 0.481 e. The molecule has 0 aliphatic heterocycles. The highest BCUT2D eigenvalue weighted by Crippen LogP contribution is 2.32. The number of nitrogens with one attached hydrogen (secondary N) is 3. The van der Waals surface area contributed by atoms with Gasteiger partial charge in [0.2, 0.25) is 5.95 Å². The summed E-state index contributed by atoms with van der Waals surface area (Å²) in [7, 11) is 0. The number of hydrogen-bond acceptors (Lipinski definition) is 12. The molecule has 0 saturated heterocycles. The lowest BCUT2D eigenvalue weighted by Crippen LogP contribution is -2.61. The number of carbonyl (C=O) groups excluding carboxylic acids is 3. The number of nitrogens with two attached hydrogens (primary N) is 3. The molecule has 1 unspecified atom stereocenters. The molecule has 1 aromatic carbocycles. The number of aromatic nitrogens is 3. The molecule has 268 valence electrons. The number of carboxylic acid groups (broad SMARTS) is 4. The Morgan fingerprint density at radius 2 is 1.56 bits per heavy atom. The number of aliphatic carboxylic acids is 4. The average molecular weight is 720 g/mol. The van der Waals surface area contributed by atoms with Crippen LogP contribution >= 0.6 is 11.6 Å². The van der Waals surface area contributed by atoms with Gasteiger partial charge in [0.1, 0.15) is 11.7 Å². The normalized spacial score (nSPS) is 14.2. The first kappa shape index (κ1) is 38.8. The second-order valence-corrected chi connectivity index (χ2v) is 11.8. The van der Waals surface area contributed by atoms with E-state index < -0.39 is 103 Å². The van der Waals surface area contributed by atoms with Gasteiger partial charge in [0, 0.05) is 25.5 Å². The van der Waals surface area contributed by atoms with Crippen molar-refractivity contribution in [3.8, 4) is 0 Å². The highest BCUT2D eigenvalue weighted by atomic mass is 35.5. The first-order valence-corrected chi connectivity index (χ1v) is 15.2. The summed E-state index contributed by atoms with van der Waals surface area (Å²) in [6.07, 6.45) is -2.03. The van der Waals surface area contributed by atoms with Crippen molar-refractivity contribution >= 4 is 69.9 Å². The van der Waals surface area contributed by atoms with Crippen molar-refractivity contribution in [1.82, 2.24) is 20.3 Å². The van der Waals surface area contributed by atoms with Crippen LogP contribution in [0.5, 0.6) is 0 Å². The molecule has 0 aliphatic rings. The number of carbonyl (C=O) groups is 7. The molecule has 4 atom stereocenters. The van der Waals surface area contributed by atoms with Gasteiger partial charge in [-0.05, 0) is 48.9 Å². The number of hydrogen-bond donors (Lipinski definition) is 10. The van der Waals surface area contributed by atoms with Gasteiger partial charge in [0.05, 0.1) is 28.1 Å². The number of rotatable bonds is 19. The minimum absolute atomic E-state index is 0.0631. The number of carboxylic acids is 4. The molecule has 3 rings (SSSR count). The Bertz CT molecular complexity index is 1910. The lowest BCUT2D eigenvalue weighted by molar-refractivity contribution is -0.162. The first-order chi connectivity index (χ1) is 23.4. The standard InChI is InChI=1S/C30H34ClN7O12/c31-15-9-12(1-3-13-11-35-24-21(13)26(46)38-29(34)37-24)2-4-14(15)25(45)36-18(6-8-20(41)42)23(44)30(28(49)50,10-17(33)27(47)48)22(43)16(32)5-7-19(39)40/h2,4,9,11,16-18H,1,3,5-8,10,32-33H2,(H,36,45)(H,39,40)(H,41,42)(H,47,48)(H,49,50)(H4,34,35,37,38,46)/t16-,17-,18-,30?/m0/s1. The van der Waals surface area contributed by atoms with E-state index in [0.717, 1.165) is 0 Å². The van der Waals surface area contributed by atoms with Crippen molar-refractivity contribution in [2.45, 2.75) is 63.1 Å². The van der Waals surface area contributed by atoms with Crippen molar-refractivity contribution in [3.05, 3.63) is 56.5 Å².